The van der Waals surface area contributed by atoms with Crippen molar-refractivity contribution in [3.05, 3.63) is 11.4 Å². The van der Waals surface area contributed by atoms with Crippen LogP contribution in [0.4, 0.5) is 11.8 Å². The topological polar surface area (TPSA) is 113 Å². The number of hydrogen-bond donors (Lipinski definition) is 3. The van der Waals surface area contributed by atoms with Gasteiger partial charge in [-0.15, -0.1) is 11.3 Å². The molecule has 4 N–H and O–H groups in total. The Labute approximate surface area is 124 Å². The summed E-state index contributed by atoms with van der Waals surface area (Å²) in [7, 11) is 1.49. The maximum absolute atomic E-state index is 12.1. The molecular formula is C12H14N6O2S. The summed E-state index contributed by atoms with van der Waals surface area (Å²) in [6.45, 7) is 0. The minimum Gasteiger partial charge on any atom is -0.358 e. The van der Waals surface area contributed by atoms with Crippen LogP contribution in [-0.4, -0.2) is 39.8 Å². The van der Waals surface area contributed by atoms with E-state index >= 15 is 0 Å². The summed E-state index contributed by atoms with van der Waals surface area (Å²) >= 11 is 1.46. The third-order valence-corrected chi connectivity index (χ3v) is 4.22. The number of hydrazine groups is 1. The number of anilines is 2. The minimum atomic E-state index is -0.476. The fourth-order valence-electron chi connectivity index (χ4n) is 2.24. The van der Waals surface area contributed by atoms with Crippen LogP contribution in [0.15, 0.2) is 11.4 Å². The first-order valence-corrected chi connectivity index (χ1v) is 7.27. The zero-order chi connectivity index (χ0) is 15.0. The highest BCUT2D eigenvalue weighted by atomic mass is 32.1. The fourth-order valence-corrected chi connectivity index (χ4v) is 3.01. The maximum atomic E-state index is 12.1. The smallest absolute Gasteiger partial charge is 0.251 e. The SMILES string of the molecule is CN1C(=O)CCC(Nc2nc(NN)nc3sccc23)C1=O. The monoisotopic (exact) mass is 306 g/mol. The Morgan fingerprint density at radius 3 is 3.00 bits per heavy atom. The Kier molecular flexibility index (Phi) is 3.43. The predicted molar refractivity (Wildman–Crippen MR) is 79.6 cm³/mol. The number of thiophene rings is 1. The number of rotatable bonds is 3. The van der Waals surface area contributed by atoms with Gasteiger partial charge in [-0.2, -0.15) is 4.98 Å². The molecule has 1 fully saturated rings. The maximum Gasteiger partial charge on any atom is 0.251 e. The molecule has 2 amide bonds. The number of nitrogens with zero attached hydrogens (tertiary/aromatic N) is 3. The molecule has 1 aliphatic rings. The minimum absolute atomic E-state index is 0.161. The van der Waals surface area contributed by atoms with Gasteiger partial charge in [-0.1, -0.05) is 0 Å². The molecule has 0 spiro atoms. The van der Waals surface area contributed by atoms with Crippen LogP contribution < -0.4 is 16.6 Å². The van der Waals surface area contributed by atoms with Gasteiger partial charge in [0.15, 0.2) is 0 Å². The van der Waals surface area contributed by atoms with Crippen LogP contribution in [-0.2, 0) is 9.59 Å². The molecule has 1 atom stereocenters. The number of piperidine rings is 1. The van der Waals surface area contributed by atoms with Crippen LogP contribution in [0.3, 0.4) is 0 Å². The quantitative estimate of drug-likeness (QED) is 0.431. The van der Waals surface area contributed by atoms with Crippen molar-refractivity contribution in [2.45, 2.75) is 18.9 Å². The van der Waals surface area contributed by atoms with Crippen LogP contribution in [0.25, 0.3) is 10.2 Å². The number of carbonyl (C=O) groups excluding carboxylic acids is 2. The molecular weight excluding hydrogens is 292 g/mol. The second-order valence-electron chi connectivity index (χ2n) is 4.71. The largest absolute Gasteiger partial charge is 0.358 e. The van der Waals surface area contributed by atoms with E-state index in [0.29, 0.717) is 18.7 Å². The molecule has 110 valence electrons. The van der Waals surface area contributed by atoms with E-state index in [0.717, 1.165) is 15.1 Å². The van der Waals surface area contributed by atoms with Gasteiger partial charge in [-0.3, -0.25) is 19.9 Å². The summed E-state index contributed by atoms with van der Waals surface area (Å²) in [4.78, 5) is 34.0. The average Bonchev–Trinajstić information content (AvgIpc) is 2.96. The molecule has 0 bridgehead atoms. The van der Waals surface area contributed by atoms with Crippen molar-refractivity contribution in [1.82, 2.24) is 14.9 Å². The van der Waals surface area contributed by atoms with Gasteiger partial charge in [0.1, 0.15) is 16.7 Å². The fraction of sp³-hybridized carbons (Fsp3) is 0.333. The number of likely N-dealkylation sites (tertiary alicyclic amines) is 1. The van der Waals surface area contributed by atoms with Gasteiger partial charge in [0.25, 0.3) is 5.91 Å². The Bertz CT molecular complexity index is 715. The van der Waals surface area contributed by atoms with E-state index in [4.69, 9.17) is 5.84 Å². The van der Waals surface area contributed by atoms with E-state index in [1.54, 1.807) is 0 Å². The van der Waals surface area contributed by atoms with Gasteiger partial charge in [0, 0.05) is 13.5 Å². The first kappa shape index (κ1) is 13.7. The lowest BCUT2D eigenvalue weighted by molar-refractivity contribution is -0.146. The number of likely N-dealkylation sites (N-methyl/N-ethyl adjacent to an activating group) is 1. The molecule has 21 heavy (non-hydrogen) atoms. The molecule has 1 unspecified atom stereocenters. The standard InChI is InChI=1S/C12H14N6O2S/c1-18-8(19)3-2-7(11(18)20)14-9-6-4-5-21-10(6)16-12(15-9)17-13/h4-5,7H,2-3,13H2,1H3,(H2,14,15,16,17). The lowest BCUT2D eigenvalue weighted by Gasteiger charge is -2.28. The molecule has 2 aromatic rings. The number of aromatic nitrogens is 2. The Hall–Kier alpha value is -2.26. The third-order valence-electron chi connectivity index (χ3n) is 3.41. The number of nitrogen functional groups attached to an aromatic ring is 1. The highest BCUT2D eigenvalue weighted by molar-refractivity contribution is 7.16. The number of imide groups is 1. The molecule has 0 aromatic carbocycles. The Balaban J connectivity index is 1.92. The second kappa shape index (κ2) is 5.26. The van der Waals surface area contributed by atoms with Crippen molar-refractivity contribution < 1.29 is 9.59 Å². The molecule has 9 heteroatoms. The predicted octanol–water partition coefficient (Wildman–Crippen LogP) is 0.536. The number of amides is 2. The van der Waals surface area contributed by atoms with Crippen LogP contribution in [0, 0.1) is 0 Å². The summed E-state index contributed by atoms with van der Waals surface area (Å²) in [6, 6.07) is 1.40. The molecule has 1 aliphatic heterocycles. The first-order chi connectivity index (χ1) is 10.1. The van der Waals surface area contributed by atoms with Crippen molar-refractivity contribution in [1.29, 1.82) is 0 Å². The van der Waals surface area contributed by atoms with Gasteiger partial charge in [0.2, 0.25) is 11.9 Å². The van der Waals surface area contributed by atoms with Crippen LogP contribution in [0.1, 0.15) is 12.8 Å². The zero-order valence-corrected chi connectivity index (χ0v) is 12.1. The van der Waals surface area contributed by atoms with Crippen molar-refractivity contribution >= 4 is 45.1 Å². The van der Waals surface area contributed by atoms with E-state index in [2.05, 4.69) is 20.7 Å². The van der Waals surface area contributed by atoms with Crippen LogP contribution >= 0.6 is 11.3 Å². The number of nitrogens with two attached hydrogens (primary N) is 1. The zero-order valence-electron chi connectivity index (χ0n) is 11.3. The van der Waals surface area contributed by atoms with Crippen LogP contribution in [0.2, 0.25) is 0 Å². The normalized spacial score (nSPS) is 19.1. The third kappa shape index (κ3) is 2.41. The molecule has 2 aromatic heterocycles. The Morgan fingerprint density at radius 1 is 1.43 bits per heavy atom. The van der Waals surface area contributed by atoms with Gasteiger partial charge in [-0.25, -0.2) is 10.8 Å². The molecule has 0 radical (unpaired) electrons. The van der Waals surface area contributed by atoms with E-state index < -0.39 is 6.04 Å². The van der Waals surface area contributed by atoms with E-state index in [-0.39, 0.29) is 17.8 Å². The van der Waals surface area contributed by atoms with E-state index in [1.807, 2.05) is 11.4 Å². The molecule has 0 saturated carbocycles. The van der Waals surface area contributed by atoms with Crippen molar-refractivity contribution in [2.75, 3.05) is 17.8 Å². The van der Waals surface area contributed by atoms with Gasteiger partial charge in [-0.05, 0) is 17.9 Å². The summed E-state index contributed by atoms with van der Waals surface area (Å²) in [5.41, 5.74) is 2.41. The number of nitrogens with one attached hydrogen (secondary N) is 2. The lowest BCUT2D eigenvalue weighted by atomic mass is 10.0. The number of fused-ring (bicyclic) bond motifs is 1. The summed E-state index contributed by atoms with van der Waals surface area (Å²) in [5.74, 6) is 5.76. The summed E-state index contributed by atoms with van der Waals surface area (Å²) in [6.07, 6.45) is 0.781. The molecule has 1 saturated heterocycles. The highest BCUT2D eigenvalue weighted by Crippen LogP contribution is 2.28. The average molecular weight is 306 g/mol. The van der Waals surface area contributed by atoms with E-state index in [9.17, 15) is 9.59 Å². The van der Waals surface area contributed by atoms with Crippen molar-refractivity contribution in [3.8, 4) is 0 Å². The number of carbonyl (C=O) groups is 2. The molecule has 3 heterocycles. The van der Waals surface area contributed by atoms with Gasteiger partial charge in [0.05, 0.1) is 5.39 Å². The second-order valence-corrected chi connectivity index (χ2v) is 5.60. The highest BCUT2D eigenvalue weighted by Gasteiger charge is 2.32. The Morgan fingerprint density at radius 2 is 2.24 bits per heavy atom. The van der Waals surface area contributed by atoms with Crippen molar-refractivity contribution in [2.24, 2.45) is 5.84 Å². The first-order valence-electron chi connectivity index (χ1n) is 6.39. The molecule has 3 rings (SSSR count). The molecule has 0 aliphatic carbocycles. The van der Waals surface area contributed by atoms with E-state index in [1.165, 1.54) is 18.4 Å². The summed E-state index contributed by atoms with van der Waals surface area (Å²) in [5, 5.41) is 5.82. The molecule has 8 nitrogen and oxygen atoms in total. The summed E-state index contributed by atoms with van der Waals surface area (Å²) < 4.78 is 0. The number of hydrogen-bond acceptors (Lipinski definition) is 8. The lowest BCUT2D eigenvalue weighted by Crippen LogP contribution is -2.48. The van der Waals surface area contributed by atoms with Gasteiger partial charge < -0.3 is 5.32 Å². The van der Waals surface area contributed by atoms with Crippen molar-refractivity contribution in [3.63, 3.8) is 0 Å². The van der Waals surface area contributed by atoms with Crippen LogP contribution in [0.5, 0.6) is 0 Å². The van der Waals surface area contributed by atoms with Gasteiger partial charge >= 0.3 is 0 Å².